The van der Waals surface area contributed by atoms with Gasteiger partial charge in [0.1, 0.15) is 29.0 Å². The zero-order chi connectivity index (χ0) is 13.1. The number of nitrogens with two attached hydrogens (primary N) is 1. The zero-order valence-electron chi connectivity index (χ0n) is 9.97. The van der Waals surface area contributed by atoms with Crippen molar-refractivity contribution >= 4 is 5.91 Å². The van der Waals surface area contributed by atoms with Gasteiger partial charge in [-0.1, -0.05) is 5.16 Å². The Labute approximate surface area is 103 Å². The fraction of sp³-hybridized carbons (Fsp3) is 0.167. The second kappa shape index (κ2) is 4.79. The summed E-state index contributed by atoms with van der Waals surface area (Å²) < 4.78 is 15.1. The van der Waals surface area contributed by atoms with Crippen molar-refractivity contribution < 1.29 is 18.8 Å². The van der Waals surface area contributed by atoms with E-state index >= 15 is 0 Å². The highest BCUT2D eigenvalue weighted by Crippen LogP contribution is 2.37. The summed E-state index contributed by atoms with van der Waals surface area (Å²) in [7, 11) is 2.90. The van der Waals surface area contributed by atoms with Crippen LogP contribution in [0.25, 0.3) is 11.3 Å². The number of aromatic nitrogens is 1. The maximum absolute atomic E-state index is 11.5. The number of benzene rings is 1. The minimum atomic E-state index is -0.631. The Hall–Kier alpha value is -2.50. The molecule has 0 radical (unpaired) electrons. The molecule has 1 amide bonds. The third-order valence-electron chi connectivity index (χ3n) is 2.50. The molecule has 18 heavy (non-hydrogen) atoms. The first-order chi connectivity index (χ1) is 8.69. The van der Waals surface area contributed by atoms with Gasteiger partial charge in [0.25, 0.3) is 5.91 Å². The van der Waals surface area contributed by atoms with E-state index < -0.39 is 5.91 Å². The van der Waals surface area contributed by atoms with Crippen molar-refractivity contribution in [2.75, 3.05) is 14.2 Å². The molecule has 0 aliphatic heterocycles. The Balaban J connectivity index is 2.70. The summed E-state index contributed by atoms with van der Waals surface area (Å²) in [5, 5.41) is 3.80. The van der Waals surface area contributed by atoms with Crippen molar-refractivity contribution in [3.8, 4) is 22.8 Å². The number of carbonyl (C=O) groups excluding carboxylic acids is 1. The predicted octanol–water partition coefficient (Wildman–Crippen LogP) is 1.46. The highest BCUT2D eigenvalue weighted by molar-refractivity contribution is 6.01. The van der Waals surface area contributed by atoms with E-state index in [0.717, 1.165) is 0 Å². The molecule has 0 unspecified atom stereocenters. The molecule has 0 spiro atoms. The molecule has 2 rings (SSSR count). The number of ether oxygens (including phenoxy) is 2. The average Bonchev–Trinajstić information content (AvgIpc) is 2.90. The van der Waals surface area contributed by atoms with Crippen molar-refractivity contribution in [2.45, 2.75) is 0 Å². The van der Waals surface area contributed by atoms with Crippen LogP contribution in [-0.2, 0) is 0 Å². The molecule has 1 aromatic heterocycles. The molecule has 1 aromatic carbocycles. The summed E-state index contributed by atoms with van der Waals surface area (Å²) >= 11 is 0. The van der Waals surface area contributed by atoms with Crippen LogP contribution in [0.15, 0.2) is 29.0 Å². The molecule has 6 nitrogen and oxygen atoms in total. The number of primary amides is 1. The second-order valence-electron chi connectivity index (χ2n) is 3.47. The Morgan fingerprint density at radius 2 is 2.06 bits per heavy atom. The second-order valence-corrected chi connectivity index (χ2v) is 3.47. The van der Waals surface area contributed by atoms with Gasteiger partial charge >= 0.3 is 0 Å². The first-order valence-electron chi connectivity index (χ1n) is 5.14. The van der Waals surface area contributed by atoms with Crippen LogP contribution in [0, 0.1) is 0 Å². The number of methoxy groups -OCH3 is 2. The van der Waals surface area contributed by atoms with E-state index in [9.17, 15) is 4.79 Å². The van der Waals surface area contributed by atoms with Crippen LogP contribution < -0.4 is 15.2 Å². The summed E-state index contributed by atoms with van der Waals surface area (Å²) in [6, 6.07) is 5.02. The molecular formula is C12H12N2O4. The molecule has 0 aliphatic carbocycles. The number of hydrogen-bond donors (Lipinski definition) is 1. The largest absolute Gasteiger partial charge is 0.496 e. The highest BCUT2D eigenvalue weighted by Gasteiger charge is 2.21. The first-order valence-corrected chi connectivity index (χ1v) is 5.14. The van der Waals surface area contributed by atoms with Crippen LogP contribution >= 0.6 is 0 Å². The van der Waals surface area contributed by atoms with Crippen molar-refractivity contribution in [1.82, 2.24) is 5.16 Å². The van der Waals surface area contributed by atoms with Gasteiger partial charge in [-0.25, -0.2) is 0 Å². The number of rotatable bonds is 4. The van der Waals surface area contributed by atoms with Gasteiger partial charge in [-0.05, 0) is 12.1 Å². The van der Waals surface area contributed by atoms with Gasteiger partial charge < -0.3 is 19.7 Å². The van der Waals surface area contributed by atoms with Crippen LogP contribution in [0.5, 0.6) is 11.5 Å². The molecule has 2 aromatic rings. The maximum Gasteiger partial charge on any atom is 0.256 e. The van der Waals surface area contributed by atoms with E-state index in [1.165, 1.54) is 20.5 Å². The lowest BCUT2D eigenvalue weighted by atomic mass is 10.0. The fourth-order valence-corrected chi connectivity index (χ4v) is 1.73. The number of carbonyl (C=O) groups is 1. The van der Waals surface area contributed by atoms with Gasteiger partial charge in [0.05, 0.1) is 14.2 Å². The average molecular weight is 248 g/mol. The number of hydrogen-bond acceptors (Lipinski definition) is 5. The first kappa shape index (κ1) is 12.0. The summed E-state index contributed by atoms with van der Waals surface area (Å²) in [6.45, 7) is 0. The number of nitrogens with zero attached hydrogens (tertiary/aromatic N) is 1. The Kier molecular flexibility index (Phi) is 3.18. The van der Waals surface area contributed by atoms with Gasteiger partial charge in [0.15, 0.2) is 0 Å². The Bertz CT molecular complexity index is 564. The lowest BCUT2D eigenvalue weighted by Gasteiger charge is -2.13. The van der Waals surface area contributed by atoms with Gasteiger partial charge in [-0.15, -0.1) is 0 Å². The summed E-state index contributed by atoms with van der Waals surface area (Å²) in [5.41, 5.74) is 6.69. The third-order valence-corrected chi connectivity index (χ3v) is 2.50. The van der Waals surface area contributed by atoms with Crippen LogP contribution in [0.1, 0.15) is 10.4 Å². The molecule has 6 heteroatoms. The highest BCUT2D eigenvalue weighted by atomic mass is 16.5. The smallest absolute Gasteiger partial charge is 0.256 e. The minimum Gasteiger partial charge on any atom is -0.496 e. The van der Waals surface area contributed by atoms with Crippen LogP contribution in [0.3, 0.4) is 0 Å². The molecule has 0 fully saturated rings. The van der Waals surface area contributed by atoms with E-state index in [4.69, 9.17) is 19.7 Å². The van der Waals surface area contributed by atoms with E-state index in [-0.39, 0.29) is 5.56 Å². The normalized spacial score (nSPS) is 10.1. The summed E-state index contributed by atoms with van der Waals surface area (Å²) in [5.74, 6) is 0.0383. The molecular weight excluding hydrogens is 236 g/mol. The van der Waals surface area contributed by atoms with Crippen molar-refractivity contribution in [3.05, 3.63) is 30.0 Å². The molecule has 0 bridgehead atoms. The molecule has 0 saturated heterocycles. The molecule has 0 aliphatic rings. The van der Waals surface area contributed by atoms with Gasteiger partial charge in [-0.3, -0.25) is 4.79 Å². The lowest BCUT2D eigenvalue weighted by molar-refractivity contribution is 0.0994. The van der Waals surface area contributed by atoms with E-state index in [0.29, 0.717) is 22.8 Å². The monoisotopic (exact) mass is 248 g/mol. The van der Waals surface area contributed by atoms with E-state index in [2.05, 4.69) is 5.16 Å². The fourth-order valence-electron chi connectivity index (χ4n) is 1.73. The van der Waals surface area contributed by atoms with Crippen molar-refractivity contribution in [2.24, 2.45) is 5.73 Å². The van der Waals surface area contributed by atoms with Gasteiger partial charge in [0, 0.05) is 11.6 Å². The van der Waals surface area contributed by atoms with E-state index in [1.54, 1.807) is 18.2 Å². The third kappa shape index (κ3) is 1.88. The topological polar surface area (TPSA) is 87.6 Å². The van der Waals surface area contributed by atoms with Gasteiger partial charge in [-0.2, -0.15) is 0 Å². The molecule has 0 saturated carbocycles. The standard InChI is InChI=1S/C12H12N2O4/c1-16-9-4-3-7(8-5-6-18-14-8)11(17-2)10(9)12(13)15/h3-6H,1-2H3,(H2,13,15). The van der Waals surface area contributed by atoms with Crippen molar-refractivity contribution in [3.63, 3.8) is 0 Å². The van der Waals surface area contributed by atoms with Crippen LogP contribution in [-0.4, -0.2) is 25.3 Å². The minimum absolute atomic E-state index is 0.181. The van der Waals surface area contributed by atoms with Crippen LogP contribution in [0.4, 0.5) is 0 Å². The summed E-state index contributed by atoms with van der Waals surface area (Å²) in [6.07, 6.45) is 1.43. The predicted molar refractivity (Wildman–Crippen MR) is 63.6 cm³/mol. The summed E-state index contributed by atoms with van der Waals surface area (Å²) in [4.78, 5) is 11.5. The SMILES string of the molecule is COc1ccc(-c2ccon2)c(OC)c1C(N)=O. The molecule has 94 valence electrons. The number of amides is 1. The van der Waals surface area contributed by atoms with Crippen molar-refractivity contribution in [1.29, 1.82) is 0 Å². The lowest BCUT2D eigenvalue weighted by Crippen LogP contribution is -2.14. The molecule has 1 heterocycles. The quantitative estimate of drug-likeness (QED) is 0.884. The van der Waals surface area contributed by atoms with Crippen LogP contribution in [0.2, 0.25) is 0 Å². The molecule has 0 atom stereocenters. The molecule has 2 N–H and O–H groups in total. The Morgan fingerprint density at radius 3 is 2.56 bits per heavy atom. The maximum atomic E-state index is 11.5. The zero-order valence-corrected chi connectivity index (χ0v) is 9.97. The van der Waals surface area contributed by atoms with Gasteiger partial charge in [0.2, 0.25) is 0 Å². The Morgan fingerprint density at radius 1 is 1.28 bits per heavy atom. The van der Waals surface area contributed by atoms with E-state index in [1.807, 2.05) is 0 Å².